The minimum atomic E-state index is -0.837. The van der Waals surface area contributed by atoms with Gasteiger partial charge in [-0.25, -0.2) is 0 Å². The number of carboxylic acid groups (broad SMARTS) is 1. The molecule has 20 heavy (non-hydrogen) atoms. The number of benzene rings is 1. The van der Waals surface area contributed by atoms with Crippen molar-refractivity contribution < 1.29 is 19.4 Å². The second-order valence-electron chi connectivity index (χ2n) is 4.23. The van der Waals surface area contributed by atoms with Crippen LogP contribution in [0.5, 0.6) is 0 Å². The SMILES string of the molecule is COCc1cccc(CC(=O)NCCSCC(=O)O)c1. The van der Waals surface area contributed by atoms with Crippen molar-refractivity contribution >= 4 is 23.6 Å². The molecule has 0 bridgehead atoms. The van der Waals surface area contributed by atoms with Gasteiger partial charge in [0.25, 0.3) is 0 Å². The van der Waals surface area contributed by atoms with Gasteiger partial charge in [0.2, 0.25) is 5.91 Å². The number of aliphatic carboxylic acids is 1. The van der Waals surface area contributed by atoms with Crippen LogP contribution in [0.2, 0.25) is 0 Å². The number of thioether (sulfide) groups is 1. The molecule has 1 rings (SSSR count). The average molecular weight is 297 g/mol. The van der Waals surface area contributed by atoms with E-state index in [1.54, 1.807) is 7.11 Å². The predicted octanol–water partition coefficient (Wildman–Crippen LogP) is 1.31. The third kappa shape index (κ3) is 7.16. The maximum absolute atomic E-state index is 11.7. The number of hydrogen-bond donors (Lipinski definition) is 2. The highest BCUT2D eigenvalue weighted by Crippen LogP contribution is 2.07. The summed E-state index contributed by atoms with van der Waals surface area (Å²) in [6.07, 6.45) is 0.321. The van der Waals surface area contributed by atoms with E-state index in [2.05, 4.69) is 5.32 Å². The molecule has 110 valence electrons. The van der Waals surface area contributed by atoms with E-state index in [0.29, 0.717) is 25.3 Å². The average Bonchev–Trinajstić information content (AvgIpc) is 2.38. The summed E-state index contributed by atoms with van der Waals surface area (Å²) in [6, 6.07) is 7.70. The smallest absolute Gasteiger partial charge is 0.313 e. The molecule has 0 aliphatic heterocycles. The highest BCUT2D eigenvalue weighted by atomic mass is 32.2. The lowest BCUT2D eigenvalue weighted by Gasteiger charge is -2.06. The topological polar surface area (TPSA) is 75.6 Å². The number of carbonyl (C=O) groups excluding carboxylic acids is 1. The standard InChI is InChI=1S/C14H19NO4S/c1-19-9-12-4-2-3-11(7-12)8-13(16)15-5-6-20-10-14(17)18/h2-4,7H,5-6,8-10H2,1H3,(H,15,16)(H,17,18). The second-order valence-corrected chi connectivity index (χ2v) is 5.33. The first-order chi connectivity index (χ1) is 9.61. The van der Waals surface area contributed by atoms with E-state index in [1.165, 1.54) is 11.8 Å². The summed E-state index contributed by atoms with van der Waals surface area (Å²) in [5.74, 6) is -0.233. The molecule has 2 N–H and O–H groups in total. The Bertz CT molecular complexity index is 451. The maximum atomic E-state index is 11.7. The van der Waals surface area contributed by atoms with Crippen molar-refractivity contribution in [2.24, 2.45) is 0 Å². The summed E-state index contributed by atoms with van der Waals surface area (Å²) in [5, 5.41) is 11.2. The van der Waals surface area contributed by atoms with Crippen LogP contribution in [0.15, 0.2) is 24.3 Å². The lowest BCUT2D eigenvalue weighted by Crippen LogP contribution is -2.27. The van der Waals surface area contributed by atoms with Gasteiger partial charge in [0.05, 0.1) is 18.8 Å². The minimum absolute atomic E-state index is 0.0597. The Balaban J connectivity index is 2.27. The second kappa shape index (κ2) is 9.39. The molecule has 5 nitrogen and oxygen atoms in total. The molecular formula is C14H19NO4S. The maximum Gasteiger partial charge on any atom is 0.313 e. The van der Waals surface area contributed by atoms with Gasteiger partial charge in [-0.1, -0.05) is 24.3 Å². The number of carboxylic acids is 1. The Hall–Kier alpha value is -1.53. The van der Waals surface area contributed by atoms with E-state index in [-0.39, 0.29) is 11.7 Å². The van der Waals surface area contributed by atoms with Gasteiger partial charge in [-0.05, 0) is 11.1 Å². The molecule has 0 unspecified atom stereocenters. The lowest BCUT2D eigenvalue weighted by molar-refractivity contribution is -0.133. The van der Waals surface area contributed by atoms with E-state index >= 15 is 0 Å². The van der Waals surface area contributed by atoms with Gasteiger partial charge in [-0.15, -0.1) is 11.8 Å². The Morgan fingerprint density at radius 2 is 2.10 bits per heavy atom. The molecule has 0 spiro atoms. The summed E-state index contributed by atoms with van der Waals surface area (Å²) in [6.45, 7) is 1.01. The van der Waals surface area contributed by atoms with E-state index in [0.717, 1.165) is 11.1 Å². The molecular weight excluding hydrogens is 278 g/mol. The molecule has 1 amide bonds. The Labute approximate surface area is 122 Å². The number of ether oxygens (including phenoxy) is 1. The zero-order valence-electron chi connectivity index (χ0n) is 11.4. The molecule has 0 heterocycles. The highest BCUT2D eigenvalue weighted by molar-refractivity contribution is 7.99. The number of rotatable bonds is 9. The first kappa shape index (κ1) is 16.5. The molecule has 0 saturated heterocycles. The fourth-order valence-electron chi connectivity index (χ4n) is 1.67. The van der Waals surface area contributed by atoms with Crippen LogP contribution in [0.4, 0.5) is 0 Å². The third-order valence-corrected chi connectivity index (χ3v) is 3.41. The Kier molecular flexibility index (Phi) is 7.75. The van der Waals surface area contributed by atoms with Crippen molar-refractivity contribution in [2.75, 3.05) is 25.2 Å². The quantitative estimate of drug-likeness (QED) is 0.672. The monoisotopic (exact) mass is 297 g/mol. The lowest BCUT2D eigenvalue weighted by atomic mass is 10.1. The summed E-state index contributed by atoms with van der Waals surface area (Å²) in [5.41, 5.74) is 1.98. The summed E-state index contributed by atoms with van der Waals surface area (Å²) in [4.78, 5) is 22.0. The van der Waals surface area contributed by atoms with Gasteiger partial charge in [-0.3, -0.25) is 9.59 Å². The van der Waals surface area contributed by atoms with Crippen LogP contribution < -0.4 is 5.32 Å². The molecule has 0 aliphatic carbocycles. The van der Waals surface area contributed by atoms with Crippen molar-refractivity contribution in [3.63, 3.8) is 0 Å². The van der Waals surface area contributed by atoms with Gasteiger partial charge in [0.15, 0.2) is 0 Å². The third-order valence-electron chi connectivity index (χ3n) is 2.46. The molecule has 0 atom stereocenters. The largest absolute Gasteiger partial charge is 0.481 e. The molecule has 0 aromatic heterocycles. The van der Waals surface area contributed by atoms with Crippen LogP contribution in [0.1, 0.15) is 11.1 Å². The zero-order chi connectivity index (χ0) is 14.8. The van der Waals surface area contributed by atoms with Gasteiger partial charge >= 0.3 is 5.97 Å². The summed E-state index contributed by atoms with van der Waals surface area (Å²) >= 11 is 1.29. The fourth-order valence-corrected chi connectivity index (χ4v) is 2.23. The van der Waals surface area contributed by atoms with Crippen molar-refractivity contribution in [3.05, 3.63) is 35.4 Å². The number of amides is 1. The zero-order valence-corrected chi connectivity index (χ0v) is 12.2. The van der Waals surface area contributed by atoms with E-state index < -0.39 is 5.97 Å². The van der Waals surface area contributed by atoms with E-state index in [9.17, 15) is 9.59 Å². The number of carbonyl (C=O) groups is 2. The molecule has 0 radical (unpaired) electrons. The van der Waals surface area contributed by atoms with E-state index in [1.807, 2.05) is 24.3 Å². The highest BCUT2D eigenvalue weighted by Gasteiger charge is 2.04. The Morgan fingerprint density at radius 3 is 2.80 bits per heavy atom. The first-order valence-corrected chi connectivity index (χ1v) is 7.40. The van der Waals surface area contributed by atoms with Gasteiger partial charge in [-0.2, -0.15) is 0 Å². The van der Waals surface area contributed by atoms with Crippen LogP contribution in [0.25, 0.3) is 0 Å². The number of methoxy groups -OCH3 is 1. The minimum Gasteiger partial charge on any atom is -0.481 e. The molecule has 0 aliphatic rings. The van der Waals surface area contributed by atoms with Crippen molar-refractivity contribution in [2.45, 2.75) is 13.0 Å². The van der Waals surface area contributed by atoms with Gasteiger partial charge < -0.3 is 15.2 Å². The summed E-state index contributed by atoms with van der Waals surface area (Å²) in [7, 11) is 1.63. The van der Waals surface area contributed by atoms with Crippen molar-refractivity contribution in [1.82, 2.24) is 5.32 Å². The van der Waals surface area contributed by atoms with Crippen LogP contribution in [0, 0.1) is 0 Å². The normalized spacial score (nSPS) is 10.2. The van der Waals surface area contributed by atoms with Crippen LogP contribution in [-0.2, 0) is 27.4 Å². The molecule has 1 aromatic rings. The Morgan fingerprint density at radius 1 is 1.35 bits per heavy atom. The number of hydrogen-bond acceptors (Lipinski definition) is 4. The fraction of sp³-hybridized carbons (Fsp3) is 0.429. The predicted molar refractivity (Wildman–Crippen MR) is 78.8 cm³/mol. The molecule has 0 fully saturated rings. The van der Waals surface area contributed by atoms with Crippen LogP contribution >= 0.6 is 11.8 Å². The molecule has 0 saturated carbocycles. The van der Waals surface area contributed by atoms with Crippen molar-refractivity contribution in [1.29, 1.82) is 0 Å². The molecule has 6 heteroatoms. The van der Waals surface area contributed by atoms with Crippen molar-refractivity contribution in [3.8, 4) is 0 Å². The molecule has 1 aromatic carbocycles. The summed E-state index contributed by atoms with van der Waals surface area (Å²) < 4.78 is 5.05. The van der Waals surface area contributed by atoms with Crippen LogP contribution in [-0.4, -0.2) is 42.1 Å². The van der Waals surface area contributed by atoms with Gasteiger partial charge in [0, 0.05) is 19.4 Å². The first-order valence-electron chi connectivity index (χ1n) is 6.25. The van der Waals surface area contributed by atoms with Crippen LogP contribution in [0.3, 0.4) is 0 Å². The van der Waals surface area contributed by atoms with Gasteiger partial charge in [0.1, 0.15) is 0 Å². The number of nitrogens with one attached hydrogen (secondary N) is 1. The van der Waals surface area contributed by atoms with E-state index in [4.69, 9.17) is 9.84 Å².